The van der Waals surface area contributed by atoms with E-state index in [1.807, 2.05) is 24.3 Å². The smallest absolute Gasteiger partial charge is 0.120 e. The highest BCUT2D eigenvalue weighted by Gasteiger charge is 2.20. The molecule has 0 radical (unpaired) electrons. The Kier molecular flexibility index (Phi) is 12.1. The van der Waals surface area contributed by atoms with Gasteiger partial charge in [0.25, 0.3) is 0 Å². The van der Waals surface area contributed by atoms with Gasteiger partial charge in [-0.2, -0.15) is 0 Å². The first-order valence-electron chi connectivity index (χ1n) is 8.09. The highest BCUT2D eigenvalue weighted by atomic mass is 35.5. The van der Waals surface area contributed by atoms with Crippen LogP contribution in [0.15, 0.2) is 54.6 Å². The lowest BCUT2D eigenvalue weighted by Gasteiger charge is -2.33. The van der Waals surface area contributed by atoms with Crippen LogP contribution >= 0.6 is 24.8 Å². The molecule has 3 N–H and O–H groups in total. The maximum atomic E-state index is 5.89. The third kappa shape index (κ3) is 7.40. The molecule has 1 atom stereocenters. The van der Waals surface area contributed by atoms with E-state index in [2.05, 4.69) is 40.5 Å². The van der Waals surface area contributed by atoms with E-state index in [0.29, 0.717) is 0 Å². The second kappa shape index (κ2) is 12.8. The van der Waals surface area contributed by atoms with E-state index in [-0.39, 0.29) is 36.4 Å². The number of hydrogen-bond donors (Lipinski definition) is 1. The van der Waals surface area contributed by atoms with Crippen molar-refractivity contribution in [1.82, 2.24) is 4.90 Å². The molecule has 0 aromatic heterocycles. The standard InChI is InChI=1S/C19H24N2O2.2ClH.H2O/c1-22-18-9-5-8-17(12-18)20-13-19-15-21(10-11-23-19)14-16-6-3-2-4-7-16;;;/h2-9,12,19-20H,10-11,13-15H2,1H3;2*1H;1H2. The van der Waals surface area contributed by atoms with Gasteiger partial charge in [-0.05, 0) is 17.7 Å². The van der Waals surface area contributed by atoms with Gasteiger partial charge >= 0.3 is 0 Å². The third-order valence-electron chi connectivity index (χ3n) is 4.08. The van der Waals surface area contributed by atoms with Gasteiger partial charge in [-0.3, -0.25) is 4.90 Å². The molecule has 0 aliphatic carbocycles. The zero-order chi connectivity index (χ0) is 15.9. The van der Waals surface area contributed by atoms with E-state index in [0.717, 1.165) is 44.2 Å². The number of rotatable bonds is 6. The molecule has 0 amide bonds. The summed E-state index contributed by atoms with van der Waals surface area (Å²) in [4.78, 5) is 2.46. The summed E-state index contributed by atoms with van der Waals surface area (Å²) in [7, 11) is 1.69. The van der Waals surface area contributed by atoms with Crippen LogP contribution in [0.2, 0.25) is 0 Å². The van der Waals surface area contributed by atoms with Crippen LogP contribution in [0.4, 0.5) is 5.69 Å². The number of nitrogens with zero attached hydrogens (tertiary/aromatic N) is 1. The molecule has 1 aliphatic rings. The predicted molar refractivity (Wildman–Crippen MR) is 111 cm³/mol. The molecule has 5 nitrogen and oxygen atoms in total. The van der Waals surface area contributed by atoms with Gasteiger partial charge in [-0.1, -0.05) is 36.4 Å². The molecule has 1 saturated heterocycles. The Morgan fingerprint density at radius 2 is 1.88 bits per heavy atom. The number of nitrogens with one attached hydrogen (secondary N) is 1. The first-order chi connectivity index (χ1) is 11.3. The topological polar surface area (TPSA) is 65.2 Å². The minimum Gasteiger partial charge on any atom is -0.497 e. The number of ether oxygens (including phenoxy) is 2. The van der Waals surface area contributed by atoms with Crippen molar-refractivity contribution >= 4 is 30.5 Å². The van der Waals surface area contributed by atoms with Crippen molar-refractivity contribution in [2.24, 2.45) is 0 Å². The van der Waals surface area contributed by atoms with E-state index in [1.165, 1.54) is 5.56 Å². The fourth-order valence-corrected chi connectivity index (χ4v) is 2.85. The fraction of sp³-hybridized carbons (Fsp3) is 0.368. The summed E-state index contributed by atoms with van der Waals surface area (Å²) in [5.74, 6) is 0.866. The lowest BCUT2D eigenvalue weighted by molar-refractivity contribution is -0.0240. The Bertz CT molecular complexity index is 617. The molecule has 2 aromatic carbocycles. The van der Waals surface area contributed by atoms with E-state index >= 15 is 0 Å². The van der Waals surface area contributed by atoms with Crippen molar-refractivity contribution in [3.8, 4) is 5.75 Å². The van der Waals surface area contributed by atoms with Crippen LogP contribution in [0.25, 0.3) is 0 Å². The Hall–Kier alpha value is -1.50. The molecule has 2 aromatic rings. The molecular formula is C19H28Cl2N2O3. The molecule has 1 unspecified atom stereocenters. The van der Waals surface area contributed by atoms with Crippen molar-refractivity contribution in [3.05, 3.63) is 60.2 Å². The molecule has 1 aliphatic heterocycles. The summed E-state index contributed by atoms with van der Waals surface area (Å²) in [5, 5.41) is 3.44. The Balaban J connectivity index is 0.00000208. The van der Waals surface area contributed by atoms with Crippen LogP contribution in [-0.2, 0) is 11.3 Å². The summed E-state index contributed by atoms with van der Waals surface area (Å²) in [6.45, 7) is 4.52. The van der Waals surface area contributed by atoms with Crippen LogP contribution in [-0.4, -0.2) is 49.8 Å². The molecule has 26 heavy (non-hydrogen) atoms. The maximum Gasteiger partial charge on any atom is 0.120 e. The summed E-state index contributed by atoms with van der Waals surface area (Å²) in [5.41, 5.74) is 2.42. The molecule has 0 spiro atoms. The molecule has 3 rings (SSSR count). The summed E-state index contributed by atoms with van der Waals surface area (Å²) >= 11 is 0. The largest absolute Gasteiger partial charge is 0.497 e. The highest BCUT2D eigenvalue weighted by molar-refractivity contribution is 5.85. The average Bonchev–Trinajstić information content (AvgIpc) is 2.61. The van der Waals surface area contributed by atoms with E-state index in [1.54, 1.807) is 7.11 Å². The number of benzene rings is 2. The van der Waals surface area contributed by atoms with Gasteiger partial charge in [-0.15, -0.1) is 24.8 Å². The van der Waals surface area contributed by atoms with Crippen molar-refractivity contribution in [2.75, 3.05) is 38.7 Å². The SMILES string of the molecule is COc1cccc(NCC2CN(Cc3ccccc3)CCO2)c1.Cl.Cl.O. The van der Waals surface area contributed by atoms with E-state index < -0.39 is 0 Å². The van der Waals surface area contributed by atoms with Crippen LogP contribution < -0.4 is 10.1 Å². The van der Waals surface area contributed by atoms with Gasteiger partial charge in [0, 0.05) is 37.9 Å². The van der Waals surface area contributed by atoms with Crippen LogP contribution in [0.3, 0.4) is 0 Å². The second-order valence-electron chi connectivity index (χ2n) is 5.83. The highest BCUT2D eigenvalue weighted by Crippen LogP contribution is 2.17. The number of hydrogen-bond acceptors (Lipinski definition) is 4. The fourth-order valence-electron chi connectivity index (χ4n) is 2.85. The second-order valence-corrected chi connectivity index (χ2v) is 5.83. The van der Waals surface area contributed by atoms with E-state index in [9.17, 15) is 0 Å². The molecule has 1 heterocycles. The predicted octanol–water partition coefficient (Wildman–Crippen LogP) is 3.03. The summed E-state index contributed by atoms with van der Waals surface area (Å²) in [6.07, 6.45) is 0.207. The van der Waals surface area contributed by atoms with Crippen molar-refractivity contribution in [1.29, 1.82) is 0 Å². The zero-order valence-electron chi connectivity index (χ0n) is 14.9. The maximum absolute atomic E-state index is 5.89. The normalized spacial score (nSPS) is 16.4. The molecule has 0 saturated carbocycles. The van der Waals surface area contributed by atoms with Crippen molar-refractivity contribution in [3.63, 3.8) is 0 Å². The minimum atomic E-state index is 0. The minimum absolute atomic E-state index is 0. The van der Waals surface area contributed by atoms with Gasteiger partial charge in [0.15, 0.2) is 0 Å². The molecule has 7 heteroatoms. The Morgan fingerprint density at radius 1 is 1.12 bits per heavy atom. The number of halogens is 2. The van der Waals surface area contributed by atoms with Gasteiger partial charge in [0.1, 0.15) is 5.75 Å². The number of methoxy groups -OCH3 is 1. The molecule has 146 valence electrons. The Morgan fingerprint density at radius 3 is 2.62 bits per heavy atom. The van der Waals surface area contributed by atoms with Crippen LogP contribution in [0.1, 0.15) is 5.56 Å². The lowest BCUT2D eigenvalue weighted by Crippen LogP contribution is -2.44. The van der Waals surface area contributed by atoms with Gasteiger partial charge in [0.05, 0.1) is 19.8 Å². The monoisotopic (exact) mass is 402 g/mol. The van der Waals surface area contributed by atoms with Crippen molar-refractivity contribution < 1.29 is 14.9 Å². The first kappa shape index (κ1) is 24.5. The summed E-state index contributed by atoms with van der Waals surface area (Å²) < 4.78 is 11.1. The van der Waals surface area contributed by atoms with E-state index in [4.69, 9.17) is 9.47 Å². The summed E-state index contributed by atoms with van der Waals surface area (Å²) in [6, 6.07) is 18.6. The Labute approximate surface area is 167 Å². The van der Waals surface area contributed by atoms with Crippen molar-refractivity contribution in [2.45, 2.75) is 12.6 Å². The number of anilines is 1. The quantitative estimate of drug-likeness (QED) is 0.806. The first-order valence-corrected chi connectivity index (χ1v) is 8.09. The van der Waals surface area contributed by atoms with Crippen LogP contribution in [0.5, 0.6) is 5.75 Å². The third-order valence-corrected chi connectivity index (χ3v) is 4.08. The van der Waals surface area contributed by atoms with Gasteiger partial charge < -0.3 is 20.3 Å². The van der Waals surface area contributed by atoms with Crippen LogP contribution in [0, 0.1) is 0 Å². The molecule has 1 fully saturated rings. The molecular weight excluding hydrogens is 375 g/mol. The van der Waals surface area contributed by atoms with Gasteiger partial charge in [-0.25, -0.2) is 0 Å². The van der Waals surface area contributed by atoms with Gasteiger partial charge in [0.2, 0.25) is 0 Å². The number of morpholine rings is 1. The zero-order valence-corrected chi connectivity index (χ0v) is 16.5. The average molecular weight is 403 g/mol. The molecule has 0 bridgehead atoms. The lowest BCUT2D eigenvalue weighted by atomic mass is 10.2.